The topological polar surface area (TPSA) is 49.3 Å². The maximum absolute atomic E-state index is 11.0. The first-order valence-electron chi connectivity index (χ1n) is 6.59. The largest absolute Gasteiger partial charge is 0.481 e. The molecule has 0 bridgehead atoms. The molecule has 1 atom stereocenters. The number of hydrogen-bond donors (Lipinski definition) is 2. The molecule has 0 rings (SSSR count). The molecule has 0 saturated heterocycles. The molecule has 0 aromatic rings. The first kappa shape index (κ1) is 16.4. The Morgan fingerprint density at radius 3 is 2.12 bits per heavy atom. The molecular weight excluding hydrogens is 214 g/mol. The standard InChI is InChI=1S/C14H29NO2/c1-10(2)7-14(5,6)9-15-8-12(11(3)4)13(16)17/h10-12,15H,7-9H2,1-6H3,(H,16,17). The fraction of sp³-hybridized carbons (Fsp3) is 0.929. The highest BCUT2D eigenvalue weighted by molar-refractivity contribution is 5.70. The summed E-state index contributed by atoms with van der Waals surface area (Å²) in [5.41, 5.74) is 0.230. The van der Waals surface area contributed by atoms with Gasteiger partial charge in [-0.2, -0.15) is 0 Å². The van der Waals surface area contributed by atoms with Crippen LogP contribution in [-0.4, -0.2) is 24.2 Å². The second kappa shape index (κ2) is 7.00. The van der Waals surface area contributed by atoms with Crippen LogP contribution in [0.15, 0.2) is 0 Å². The number of hydrogen-bond acceptors (Lipinski definition) is 2. The molecule has 0 aliphatic carbocycles. The molecule has 3 heteroatoms. The molecule has 102 valence electrons. The summed E-state index contributed by atoms with van der Waals surface area (Å²) < 4.78 is 0. The van der Waals surface area contributed by atoms with Gasteiger partial charge in [0.05, 0.1) is 5.92 Å². The Labute approximate surface area is 106 Å². The van der Waals surface area contributed by atoms with Gasteiger partial charge in [-0.25, -0.2) is 0 Å². The van der Waals surface area contributed by atoms with Gasteiger partial charge >= 0.3 is 5.97 Å². The van der Waals surface area contributed by atoms with Crippen LogP contribution in [0.3, 0.4) is 0 Å². The minimum Gasteiger partial charge on any atom is -0.481 e. The quantitative estimate of drug-likeness (QED) is 0.689. The van der Waals surface area contributed by atoms with E-state index in [0.29, 0.717) is 12.5 Å². The molecule has 2 N–H and O–H groups in total. The predicted octanol–water partition coefficient (Wildman–Crippen LogP) is 3.01. The molecule has 0 saturated carbocycles. The van der Waals surface area contributed by atoms with E-state index in [0.717, 1.165) is 13.0 Å². The van der Waals surface area contributed by atoms with Gasteiger partial charge in [0, 0.05) is 13.1 Å². The highest BCUT2D eigenvalue weighted by Gasteiger charge is 2.23. The summed E-state index contributed by atoms with van der Waals surface area (Å²) in [6.07, 6.45) is 1.15. The van der Waals surface area contributed by atoms with Gasteiger partial charge in [-0.05, 0) is 23.7 Å². The Hall–Kier alpha value is -0.570. The zero-order valence-electron chi connectivity index (χ0n) is 12.2. The third-order valence-corrected chi connectivity index (χ3v) is 3.05. The van der Waals surface area contributed by atoms with Crippen LogP contribution in [0.4, 0.5) is 0 Å². The highest BCUT2D eigenvalue weighted by atomic mass is 16.4. The molecule has 0 aromatic carbocycles. The van der Waals surface area contributed by atoms with E-state index < -0.39 is 5.97 Å². The molecule has 17 heavy (non-hydrogen) atoms. The second-order valence-corrected chi connectivity index (χ2v) is 6.58. The molecule has 0 aliphatic heterocycles. The molecule has 0 heterocycles. The van der Waals surface area contributed by atoms with E-state index in [4.69, 9.17) is 5.11 Å². The van der Waals surface area contributed by atoms with Gasteiger partial charge in [0.25, 0.3) is 0 Å². The number of aliphatic carboxylic acids is 1. The van der Waals surface area contributed by atoms with E-state index >= 15 is 0 Å². The van der Waals surface area contributed by atoms with Crippen molar-refractivity contribution in [3.63, 3.8) is 0 Å². The summed E-state index contributed by atoms with van der Waals surface area (Å²) in [6, 6.07) is 0. The Kier molecular flexibility index (Phi) is 6.76. The Bertz CT molecular complexity index is 234. The van der Waals surface area contributed by atoms with Crippen LogP contribution in [-0.2, 0) is 4.79 Å². The van der Waals surface area contributed by atoms with Crippen molar-refractivity contribution < 1.29 is 9.90 Å². The van der Waals surface area contributed by atoms with Gasteiger partial charge in [0.1, 0.15) is 0 Å². The second-order valence-electron chi connectivity index (χ2n) is 6.58. The van der Waals surface area contributed by atoms with Crippen molar-refractivity contribution in [2.75, 3.05) is 13.1 Å². The van der Waals surface area contributed by atoms with Gasteiger partial charge < -0.3 is 10.4 Å². The number of rotatable bonds is 8. The average molecular weight is 243 g/mol. The van der Waals surface area contributed by atoms with Crippen LogP contribution in [0, 0.1) is 23.2 Å². The van der Waals surface area contributed by atoms with Crippen LogP contribution in [0.25, 0.3) is 0 Å². The van der Waals surface area contributed by atoms with E-state index in [-0.39, 0.29) is 17.3 Å². The Morgan fingerprint density at radius 1 is 1.24 bits per heavy atom. The highest BCUT2D eigenvalue weighted by Crippen LogP contribution is 2.24. The van der Waals surface area contributed by atoms with Gasteiger partial charge in [0.2, 0.25) is 0 Å². The molecule has 3 nitrogen and oxygen atoms in total. The Balaban J connectivity index is 4.08. The van der Waals surface area contributed by atoms with Gasteiger partial charge in [0.15, 0.2) is 0 Å². The monoisotopic (exact) mass is 243 g/mol. The van der Waals surface area contributed by atoms with Crippen LogP contribution in [0.2, 0.25) is 0 Å². The molecular formula is C14H29NO2. The zero-order valence-corrected chi connectivity index (χ0v) is 12.2. The van der Waals surface area contributed by atoms with Crippen molar-refractivity contribution in [2.24, 2.45) is 23.2 Å². The van der Waals surface area contributed by atoms with E-state index in [2.05, 4.69) is 33.0 Å². The summed E-state index contributed by atoms with van der Waals surface area (Å²) in [5.74, 6) is -0.139. The predicted molar refractivity (Wildman–Crippen MR) is 72.1 cm³/mol. The fourth-order valence-electron chi connectivity index (χ4n) is 2.35. The lowest BCUT2D eigenvalue weighted by Crippen LogP contribution is -2.37. The first-order valence-corrected chi connectivity index (χ1v) is 6.59. The number of carboxylic acid groups (broad SMARTS) is 1. The van der Waals surface area contributed by atoms with E-state index in [1.54, 1.807) is 0 Å². The third-order valence-electron chi connectivity index (χ3n) is 3.05. The lowest BCUT2D eigenvalue weighted by molar-refractivity contribution is -0.143. The van der Waals surface area contributed by atoms with Crippen LogP contribution >= 0.6 is 0 Å². The van der Waals surface area contributed by atoms with E-state index in [1.165, 1.54) is 0 Å². The normalized spacial score (nSPS) is 14.4. The summed E-state index contributed by atoms with van der Waals surface area (Å²) in [5, 5.41) is 12.4. The molecule has 0 amide bonds. The van der Waals surface area contributed by atoms with Gasteiger partial charge in [-0.1, -0.05) is 41.5 Å². The third kappa shape index (κ3) is 7.37. The number of carboxylic acids is 1. The minimum absolute atomic E-state index is 0.174. The lowest BCUT2D eigenvalue weighted by atomic mass is 9.83. The maximum Gasteiger partial charge on any atom is 0.308 e. The van der Waals surface area contributed by atoms with Crippen molar-refractivity contribution in [1.29, 1.82) is 0 Å². The van der Waals surface area contributed by atoms with Crippen LogP contribution in [0.1, 0.15) is 48.0 Å². The average Bonchev–Trinajstić information content (AvgIpc) is 2.08. The summed E-state index contributed by atoms with van der Waals surface area (Å²) in [7, 11) is 0. The summed E-state index contributed by atoms with van der Waals surface area (Å²) in [6.45, 7) is 14.2. The van der Waals surface area contributed by atoms with Crippen molar-refractivity contribution in [3.8, 4) is 0 Å². The number of nitrogens with one attached hydrogen (secondary N) is 1. The van der Waals surface area contributed by atoms with E-state index in [9.17, 15) is 4.79 Å². The molecule has 0 spiro atoms. The van der Waals surface area contributed by atoms with Crippen molar-refractivity contribution in [2.45, 2.75) is 48.0 Å². The minimum atomic E-state index is -0.700. The molecule has 0 aromatic heterocycles. The molecule has 0 fully saturated rings. The SMILES string of the molecule is CC(C)CC(C)(C)CNCC(C(=O)O)C(C)C. The molecule has 0 aliphatic rings. The molecule has 1 unspecified atom stereocenters. The molecule has 0 radical (unpaired) electrons. The first-order chi connectivity index (χ1) is 7.65. The Morgan fingerprint density at radius 2 is 1.76 bits per heavy atom. The number of carbonyl (C=O) groups is 1. The smallest absolute Gasteiger partial charge is 0.308 e. The van der Waals surface area contributed by atoms with Crippen molar-refractivity contribution in [3.05, 3.63) is 0 Å². The van der Waals surface area contributed by atoms with Crippen LogP contribution in [0.5, 0.6) is 0 Å². The summed E-state index contributed by atoms with van der Waals surface area (Å²) >= 11 is 0. The fourth-order valence-corrected chi connectivity index (χ4v) is 2.35. The van der Waals surface area contributed by atoms with Gasteiger partial charge in [-0.15, -0.1) is 0 Å². The summed E-state index contributed by atoms with van der Waals surface area (Å²) in [4.78, 5) is 11.0. The lowest BCUT2D eigenvalue weighted by Gasteiger charge is -2.28. The zero-order chi connectivity index (χ0) is 13.6. The van der Waals surface area contributed by atoms with E-state index in [1.807, 2.05) is 13.8 Å². The van der Waals surface area contributed by atoms with Crippen molar-refractivity contribution in [1.82, 2.24) is 5.32 Å². The van der Waals surface area contributed by atoms with Crippen molar-refractivity contribution >= 4 is 5.97 Å². The maximum atomic E-state index is 11.0. The van der Waals surface area contributed by atoms with Gasteiger partial charge in [-0.3, -0.25) is 4.79 Å². The van der Waals surface area contributed by atoms with Crippen LogP contribution < -0.4 is 5.32 Å².